The summed E-state index contributed by atoms with van der Waals surface area (Å²) in [4.78, 5) is 9.88. The van der Waals surface area contributed by atoms with Crippen LogP contribution in [0.25, 0.3) is 11.1 Å². The number of rotatable bonds is 2. The SMILES string of the molecule is Nc1c([N+](=O)[O-])ccc(-c2ccccc2)c1F. The molecular formula is C12H9FN2O2. The highest BCUT2D eigenvalue weighted by molar-refractivity contribution is 5.73. The summed E-state index contributed by atoms with van der Waals surface area (Å²) in [5.41, 5.74) is 5.45. The molecule has 0 heterocycles. The predicted octanol–water partition coefficient (Wildman–Crippen LogP) is 2.98. The average Bonchev–Trinajstić information content (AvgIpc) is 2.33. The first-order valence-electron chi connectivity index (χ1n) is 4.89. The zero-order valence-electron chi connectivity index (χ0n) is 8.76. The monoisotopic (exact) mass is 232 g/mol. The van der Waals surface area contributed by atoms with Crippen molar-refractivity contribution >= 4 is 11.4 Å². The summed E-state index contributed by atoms with van der Waals surface area (Å²) in [5, 5.41) is 10.6. The van der Waals surface area contributed by atoms with Crippen LogP contribution in [0.15, 0.2) is 42.5 Å². The Morgan fingerprint density at radius 2 is 1.76 bits per heavy atom. The van der Waals surface area contributed by atoms with Crippen LogP contribution in [0.4, 0.5) is 15.8 Å². The van der Waals surface area contributed by atoms with Crippen LogP contribution in [0.3, 0.4) is 0 Å². The smallest absolute Gasteiger partial charge is 0.295 e. The van der Waals surface area contributed by atoms with Crippen molar-refractivity contribution in [1.29, 1.82) is 0 Å². The molecule has 0 aromatic heterocycles. The van der Waals surface area contributed by atoms with Crippen molar-refractivity contribution in [2.45, 2.75) is 0 Å². The molecule has 2 aromatic carbocycles. The number of nitrogen functional groups attached to an aromatic ring is 1. The number of nitrogens with two attached hydrogens (primary N) is 1. The molecule has 0 aliphatic rings. The number of benzene rings is 2. The molecule has 0 fully saturated rings. The van der Waals surface area contributed by atoms with E-state index in [1.54, 1.807) is 30.3 Å². The number of nitro benzene ring substituents is 1. The Balaban J connectivity index is 2.60. The second-order valence-corrected chi connectivity index (χ2v) is 3.48. The summed E-state index contributed by atoms with van der Waals surface area (Å²) < 4.78 is 13.9. The van der Waals surface area contributed by atoms with E-state index in [2.05, 4.69) is 0 Å². The molecule has 0 amide bonds. The van der Waals surface area contributed by atoms with Gasteiger partial charge < -0.3 is 5.73 Å². The van der Waals surface area contributed by atoms with Crippen LogP contribution in [-0.4, -0.2) is 4.92 Å². The van der Waals surface area contributed by atoms with E-state index in [0.717, 1.165) is 0 Å². The maximum atomic E-state index is 13.9. The Bertz CT molecular complexity index is 570. The van der Waals surface area contributed by atoms with Gasteiger partial charge in [0.15, 0.2) is 5.82 Å². The highest BCUT2D eigenvalue weighted by Gasteiger charge is 2.18. The van der Waals surface area contributed by atoms with Gasteiger partial charge in [-0.15, -0.1) is 0 Å². The summed E-state index contributed by atoms with van der Waals surface area (Å²) in [6, 6.07) is 11.3. The molecule has 2 aromatic rings. The molecular weight excluding hydrogens is 223 g/mol. The summed E-state index contributed by atoms with van der Waals surface area (Å²) in [5.74, 6) is -0.759. The third kappa shape index (κ3) is 1.94. The Hall–Kier alpha value is -2.43. The molecule has 0 aliphatic heterocycles. The molecule has 0 atom stereocenters. The lowest BCUT2D eigenvalue weighted by Crippen LogP contribution is -2.00. The summed E-state index contributed by atoms with van der Waals surface area (Å²) >= 11 is 0. The van der Waals surface area contributed by atoms with E-state index in [4.69, 9.17) is 5.73 Å². The zero-order chi connectivity index (χ0) is 12.4. The Morgan fingerprint density at radius 3 is 2.35 bits per heavy atom. The van der Waals surface area contributed by atoms with Gasteiger partial charge in [0.25, 0.3) is 5.69 Å². The van der Waals surface area contributed by atoms with Crippen molar-refractivity contribution in [3.8, 4) is 11.1 Å². The van der Waals surface area contributed by atoms with E-state index in [9.17, 15) is 14.5 Å². The van der Waals surface area contributed by atoms with E-state index in [1.165, 1.54) is 12.1 Å². The molecule has 0 radical (unpaired) electrons. The number of nitro groups is 1. The lowest BCUT2D eigenvalue weighted by atomic mass is 10.0. The Labute approximate surface area is 96.6 Å². The first kappa shape index (κ1) is 11.1. The fourth-order valence-electron chi connectivity index (χ4n) is 1.58. The molecule has 5 heteroatoms. The van der Waals surface area contributed by atoms with E-state index in [0.29, 0.717) is 5.56 Å². The minimum absolute atomic E-state index is 0.258. The van der Waals surface area contributed by atoms with Gasteiger partial charge in [0.2, 0.25) is 0 Å². The minimum atomic E-state index is -0.759. The van der Waals surface area contributed by atoms with E-state index in [-0.39, 0.29) is 5.56 Å². The second-order valence-electron chi connectivity index (χ2n) is 3.48. The van der Waals surface area contributed by atoms with Gasteiger partial charge in [-0.3, -0.25) is 10.1 Å². The van der Waals surface area contributed by atoms with Crippen LogP contribution in [0, 0.1) is 15.9 Å². The van der Waals surface area contributed by atoms with Gasteiger partial charge in [0, 0.05) is 11.6 Å². The molecule has 2 N–H and O–H groups in total. The van der Waals surface area contributed by atoms with E-state index < -0.39 is 22.1 Å². The third-order valence-electron chi connectivity index (χ3n) is 2.44. The third-order valence-corrected chi connectivity index (χ3v) is 2.44. The quantitative estimate of drug-likeness (QED) is 0.491. The van der Waals surface area contributed by atoms with Gasteiger partial charge >= 0.3 is 0 Å². The van der Waals surface area contributed by atoms with Crippen molar-refractivity contribution in [3.05, 3.63) is 58.4 Å². The number of halogens is 1. The summed E-state index contributed by atoms with van der Waals surface area (Å²) in [6.45, 7) is 0. The van der Waals surface area contributed by atoms with Gasteiger partial charge in [-0.05, 0) is 11.6 Å². The van der Waals surface area contributed by atoms with Gasteiger partial charge in [-0.25, -0.2) is 4.39 Å². The van der Waals surface area contributed by atoms with Gasteiger partial charge in [0.1, 0.15) is 5.69 Å². The zero-order valence-corrected chi connectivity index (χ0v) is 8.76. The topological polar surface area (TPSA) is 69.2 Å². The van der Waals surface area contributed by atoms with Crippen LogP contribution < -0.4 is 5.73 Å². The van der Waals surface area contributed by atoms with Crippen molar-refractivity contribution in [2.75, 3.05) is 5.73 Å². The lowest BCUT2D eigenvalue weighted by molar-refractivity contribution is -0.384. The molecule has 0 saturated heterocycles. The highest BCUT2D eigenvalue weighted by atomic mass is 19.1. The molecule has 86 valence electrons. The van der Waals surface area contributed by atoms with E-state index >= 15 is 0 Å². The molecule has 0 aliphatic carbocycles. The summed E-state index contributed by atoms with van der Waals surface area (Å²) in [6.07, 6.45) is 0. The van der Waals surface area contributed by atoms with Crippen LogP contribution in [-0.2, 0) is 0 Å². The number of hydrogen-bond acceptors (Lipinski definition) is 3. The van der Waals surface area contributed by atoms with Gasteiger partial charge in [-0.1, -0.05) is 30.3 Å². The molecule has 4 nitrogen and oxygen atoms in total. The highest BCUT2D eigenvalue weighted by Crippen LogP contribution is 2.32. The minimum Gasteiger partial charge on any atom is -0.391 e. The molecule has 0 spiro atoms. The molecule has 17 heavy (non-hydrogen) atoms. The fraction of sp³-hybridized carbons (Fsp3) is 0. The normalized spacial score (nSPS) is 10.2. The van der Waals surface area contributed by atoms with Crippen LogP contribution in [0.5, 0.6) is 0 Å². The average molecular weight is 232 g/mol. The molecule has 0 unspecified atom stereocenters. The van der Waals surface area contributed by atoms with Crippen LogP contribution >= 0.6 is 0 Å². The first-order chi connectivity index (χ1) is 8.11. The summed E-state index contributed by atoms with van der Waals surface area (Å²) in [7, 11) is 0. The maximum Gasteiger partial charge on any atom is 0.295 e. The Kier molecular flexibility index (Phi) is 2.74. The van der Waals surface area contributed by atoms with Crippen molar-refractivity contribution < 1.29 is 9.31 Å². The van der Waals surface area contributed by atoms with Gasteiger partial charge in [0.05, 0.1) is 4.92 Å². The predicted molar refractivity (Wildman–Crippen MR) is 62.9 cm³/mol. The van der Waals surface area contributed by atoms with Crippen LogP contribution in [0.1, 0.15) is 0 Å². The second kappa shape index (κ2) is 4.21. The maximum absolute atomic E-state index is 13.9. The standard InChI is InChI=1S/C12H9FN2O2/c13-11-9(8-4-2-1-3-5-8)6-7-10(12(11)14)15(16)17/h1-7H,14H2. The number of nitrogens with zero attached hydrogens (tertiary/aromatic N) is 1. The molecule has 0 saturated carbocycles. The molecule has 0 bridgehead atoms. The largest absolute Gasteiger partial charge is 0.391 e. The molecule has 2 rings (SSSR count). The van der Waals surface area contributed by atoms with Crippen molar-refractivity contribution in [1.82, 2.24) is 0 Å². The lowest BCUT2D eigenvalue weighted by Gasteiger charge is -2.05. The first-order valence-corrected chi connectivity index (χ1v) is 4.89. The Morgan fingerprint density at radius 1 is 1.12 bits per heavy atom. The van der Waals surface area contributed by atoms with Crippen LogP contribution in [0.2, 0.25) is 0 Å². The number of hydrogen-bond donors (Lipinski definition) is 1. The van der Waals surface area contributed by atoms with Crippen molar-refractivity contribution in [3.63, 3.8) is 0 Å². The van der Waals surface area contributed by atoms with E-state index in [1.807, 2.05) is 0 Å². The van der Waals surface area contributed by atoms with Gasteiger partial charge in [-0.2, -0.15) is 0 Å². The van der Waals surface area contributed by atoms with Crippen molar-refractivity contribution in [2.24, 2.45) is 0 Å². The number of anilines is 1. The fourth-order valence-corrected chi connectivity index (χ4v) is 1.58.